The topological polar surface area (TPSA) is 15.6 Å². The maximum absolute atomic E-state index is 4.58. The molecule has 0 unspecified atom stereocenters. The zero-order chi connectivity index (χ0) is 21.9. The molecule has 1 fully saturated rings. The Balaban J connectivity index is 2.29. The molecule has 0 amide bonds. The Morgan fingerprint density at radius 1 is 1.07 bits per heavy atom. The molecule has 0 aliphatic heterocycles. The van der Waals surface area contributed by atoms with Gasteiger partial charge >= 0.3 is 0 Å². The van der Waals surface area contributed by atoms with Gasteiger partial charge < -0.3 is 4.90 Å². The molecular weight excluding hydrogens is 364 g/mol. The van der Waals surface area contributed by atoms with Crippen molar-refractivity contribution in [3.05, 3.63) is 89.8 Å². The minimum Gasteiger partial charge on any atom is -0.341 e. The molecule has 2 heteroatoms. The zero-order valence-corrected chi connectivity index (χ0v) is 19.3. The van der Waals surface area contributed by atoms with Crippen LogP contribution in [0.15, 0.2) is 83.7 Å². The van der Waals surface area contributed by atoms with Gasteiger partial charge in [0.05, 0.1) is 0 Å². The molecule has 1 aromatic rings. The lowest BCUT2D eigenvalue weighted by Gasteiger charge is -2.27. The minimum atomic E-state index is 0.782. The van der Waals surface area contributed by atoms with Gasteiger partial charge in [0.15, 0.2) is 0 Å². The first kappa shape index (κ1) is 23.7. The van der Waals surface area contributed by atoms with Gasteiger partial charge in [-0.15, -0.1) is 0 Å². The summed E-state index contributed by atoms with van der Waals surface area (Å²) in [7, 11) is 0. The number of hydrogen-bond acceptors (Lipinski definition) is 2. The van der Waals surface area contributed by atoms with E-state index in [1.165, 1.54) is 35.2 Å². The average molecular weight is 403 g/mol. The van der Waals surface area contributed by atoms with Gasteiger partial charge in [-0.05, 0) is 92.5 Å². The quantitative estimate of drug-likeness (QED) is 0.260. The highest BCUT2D eigenvalue weighted by Gasteiger charge is 2.25. The number of nitrogens with zero attached hydrogens (tertiary/aromatic N) is 2. The molecule has 0 heterocycles. The lowest BCUT2D eigenvalue weighted by molar-refractivity contribution is 0.793. The molecule has 0 atom stereocenters. The molecule has 1 aromatic carbocycles. The van der Waals surface area contributed by atoms with Crippen LogP contribution in [-0.4, -0.2) is 12.8 Å². The van der Waals surface area contributed by atoms with Gasteiger partial charge in [-0.1, -0.05) is 45.2 Å². The number of anilines is 1. The maximum Gasteiger partial charge on any atom is 0.0416 e. The monoisotopic (exact) mass is 402 g/mol. The number of aliphatic imine (C=N–C) groups is 1. The molecule has 0 saturated heterocycles. The third kappa shape index (κ3) is 7.33. The fourth-order valence-electron chi connectivity index (χ4n) is 3.36. The summed E-state index contributed by atoms with van der Waals surface area (Å²) < 4.78 is 0. The molecule has 1 aliphatic carbocycles. The van der Waals surface area contributed by atoms with Crippen LogP contribution in [0.3, 0.4) is 0 Å². The highest BCUT2D eigenvalue weighted by Crippen LogP contribution is 2.34. The minimum absolute atomic E-state index is 0.782. The van der Waals surface area contributed by atoms with E-state index in [9.17, 15) is 0 Å². The van der Waals surface area contributed by atoms with E-state index in [0.29, 0.717) is 0 Å². The molecule has 30 heavy (non-hydrogen) atoms. The van der Waals surface area contributed by atoms with Gasteiger partial charge in [-0.2, -0.15) is 0 Å². The number of benzene rings is 1. The van der Waals surface area contributed by atoms with E-state index in [-0.39, 0.29) is 0 Å². The average Bonchev–Trinajstić information content (AvgIpc) is 3.60. The van der Waals surface area contributed by atoms with Gasteiger partial charge in [0.25, 0.3) is 0 Å². The second kappa shape index (κ2) is 12.2. The zero-order valence-electron chi connectivity index (χ0n) is 19.3. The van der Waals surface area contributed by atoms with Gasteiger partial charge in [-0.3, -0.25) is 4.99 Å². The standard InChI is InChI=1S/C28H38N2/c1-7-23(8-2)16-17-29-22(6)12-15-27(11-5)30(21-26-13-14-26)28-19-24(9-3)18-25(10-4)20-28/h7-8,11-12,15,17-20,26H,1,5,9-10,13-14,16,21H2,2-4,6H3/b22-12+,23-8+,27-15+,29-17?. The van der Waals surface area contributed by atoms with Crippen LogP contribution in [0, 0.1) is 5.92 Å². The highest BCUT2D eigenvalue weighted by atomic mass is 15.1. The van der Waals surface area contributed by atoms with Crippen molar-refractivity contribution in [1.29, 1.82) is 0 Å². The molecular formula is C28H38N2. The van der Waals surface area contributed by atoms with Crippen molar-refractivity contribution in [3.63, 3.8) is 0 Å². The molecule has 2 nitrogen and oxygen atoms in total. The number of rotatable bonds is 12. The van der Waals surface area contributed by atoms with Crippen molar-refractivity contribution >= 4 is 11.9 Å². The van der Waals surface area contributed by atoms with Crippen LogP contribution in [0.4, 0.5) is 5.69 Å². The molecule has 0 radical (unpaired) electrons. The fourth-order valence-corrected chi connectivity index (χ4v) is 3.36. The maximum atomic E-state index is 4.58. The van der Waals surface area contributed by atoms with E-state index in [2.05, 4.69) is 73.3 Å². The molecule has 0 N–H and O–H groups in total. The van der Waals surface area contributed by atoms with Crippen molar-refractivity contribution in [1.82, 2.24) is 0 Å². The van der Waals surface area contributed by atoms with Crippen molar-refractivity contribution in [3.8, 4) is 0 Å². The van der Waals surface area contributed by atoms with Gasteiger partial charge in [-0.25, -0.2) is 0 Å². The van der Waals surface area contributed by atoms with Crippen LogP contribution in [0.5, 0.6) is 0 Å². The highest BCUT2D eigenvalue weighted by molar-refractivity contribution is 5.64. The first-order valence-corrected chi connectivity index (χ1v) is 11.3. The molecule has 1 aliphatic rings. The van der Waals surface area contributed by atoms with Crippen LogP contribution >= 0.6 is 0 Å². The molecule has 0 aromatic heterocycles. The Kier molecular flexibility index (Phi) is 9.60. The molecule has 1 saturated carbocycles. The smallest absolute Gasteiger partial charge is 0.0416 e. The molecule has 160 valence electrons. The Labute approximate surface area is 184 Å². The van der Waals surface area contributed by atoms with E-state index in [0.717, 1.165) is 43.1 Å². The van der Waals surface area contributed by atoms with Crippen molar-refractivity contribution in [2.24, 2.45) is 10.9 Å². The first-order valence-electron chi connectivity index (χ1n) is 11.3. The Morgan fingerprint density at radius 3 is 2.23 bits per heavy atom. The number of aryl methyl sites for hydroxylation is 2. The largest absolute Gasteiger partial charge is 0.341 e. The molecule has 0 spiro atoms. The summed E-state index contributed by atoms with van der Waals surface area (Å²) in [5.74, 6) is 0.782. The lowest BCUT2D eigenvalue weighted by atomic mass is 10.0. The van der Waals surface area contributed by atoms with Crippen LogP contribution in [0.1, 0.15) is 58.1 Å². The van der Waals surface area contributed by atoms with Crippen molar-refractivity contribution < 1.29 is 0 Å². The van der Waals surface area contributed by atoms with Crippen molar-refractivity contribution in [2.45, 2.75) is 59.8 Å². The summed E-state index contributed by atoms with van der Waals surface area (Å²) in [4.78, 5) is 7.01. The van der Waals surface area contributed by atoms with E-state index >= 15 is 0 Å². The third-order valence-corrected chi connectivity index (χ3v) is 5.57. The summed E-state index contributed by atoms with van der Waals surface area (Å²) in [6.45, 7) is 17.5. The van der Waals surface area contributed by atoms with Gasteiger partial charge in [0, 0.05) is 36.3 Å². The number of hydrogen-bond donors (Lipinski definition) is 0. The molecule has 0 bridgehead atoms. The van der Waals surface area contributed by atoms with E-state index < -0.39 is 0 Å². The third-order valence-electron chi connectivity index (χ3n) is 5.57. The summed E-state index contributed by atoms with van der Waals surface area (Å²) in [6, 6.07) is 7.00. The predicted octanol–water partition coefficient (Wildman–Crippen LogP) is 7.59. The van der Waals surface area contributed by atoms with Gasteiger partial charge in [0.2, 0.25) is 0 Å². The van der Waals surface area contributed by atoms with Gasteiger partial charge in [0.1, 0.15) is 0 Å². The Bertz CT molecular complexity index is 825. The van der Waals surface area contributed by atoms with Crippen LogP contribution in [0.25, 0.3) is 0 Å². The van der Waals surface area contributed by atoms with E-state index in [1.807, 2.05) is 32.2 Å². The second-order valence-electron chi connectivity index (χ2n) is 7.96. The van der Waals surface area contributed by atoms with Crippen LogP contribution in [0.2, 0.25) is 0 Å². The SMILES string of the molecule is C=C/C(=C\C)CC=N/C(C)=C/C=C(\C=C)N(CC1CC1)c1cc(CC)cc(CC)c1. The predicted molar refractivity (Wildman–Crippen MR) is 134 cm³/mol. The van der Waals surface area contributed by atoms with Crippen LogP contribution in [-0.2, 0) is 12.8 Å². The van der Waals surface area contributed by atoms with E-state index in [1.54, 1.807) is 0 Å². The summed E-state index contributed by atoms with van der Waals surface area (Å²) in [5.41, 5.74) is 7.37. The Hall–Kier alpha value is -2.61. The van der Waals surface area contributed by atoms with Crippen molar-refractivity contribution in [2.75, 3.05) is 11.4 Å². The lowest BCUT2D eigenvalue weighted by Crippen LogP contribution is -2.24. The van der Waals surface area contributed by atoms with E-state index in [4.69, 9.17) is 0 Å². The second-order valence-corrected chi connectivity index (χ2v) is 7.96. The summed E-state index contributed by atoms with van der Waals surface area (Å²) in [5, 5.41) is 0. The molecule has 2 rings (SSSR count). The first-order chi connectivity index (χ1) is 14.5. The summed E-state index contributed by atoms with van der Waals surface area (Å²) in [6.07, 6.45) is 17.7. The fraction of sp³-hybridized carbons (Fsp3) is 0.393. The Morgan fingerprint density at radius 2 is 1.73 bits per heavy atom. The normalized spacial score (nSPS) is 15.5. The van der Waals surface area contributed by atoms with Crippen LogP contribution < -0.4 is 4.90 Å². The summed E-state index contributed by atoms with van der Waals surface area (Å²) >= 11 is 0. The number of allylic oxidation sites excluding steroid dienone is 7.